The molecule has 3 rings (SSSR count). The topological polar surface area (TPSA) is 86.8 Å². The SMILES string of the molecule is CC[C@H](C)NC(=O)[C@H](C)N(Cc1ccc(Cl)cc1)C(=O)CN(c1ccc(C)cc1)S(=O)(=O)c1ccccc1. The number of amides is 2. The Morgan fingerprint density at radius 3 is 2.11 bits per heavy atom. The predicted octanol–water partition coefficient (Wildman–Crippen LogP) is 5.18. The molecule has 0 aliphatic rings. The van der Waals surface area contributed by atoms with Crippen LogP contribution in [0.1, 0.15) is 38.3 Å². The van der Waals surface area contributed by atoms with Gasteiger partial charge in [0, 0.05) is 17.6 Å². The number of aryl methyl sites for hydroxylation is 1. The molecule has 3 aromatic rings. The monoisotopic (exact) mass is 555 g/mol. The lowest BCUT2D eigenvalue weighted by Gasteiger charge is -2.32. The van der Waals surface area contributed by atoms with E-state index in [0.29, 0.717) is 10.7 Å². The van der Waals surface area contributed by atoms with Crippen molar-refractivity contribution in [2.45, 2.75) is 57.6 Å². The zero-order valence-corrected chi connectivity index (χ0v) is 23.7. The molecule has 2 atom stereocenters. The lowest BCUT2D eigenvalue weighted by Crippen LogP contribution is -2.52. The molecule has 202 valence electrons. The van der Waals surface area contributed by atoms with Crippen LogP contribution < -0.4 is 9.62 Å². The van der Waals surface area contributed by atoms with E-state index in [-0.39, 0.29) is 23.4 Å². The van der Waals surface area contributed by atoms with Crippen LogP contribution in [0.3, 0.4) is 0 Å². The minimum Gasteiger partial charge on any atom is -0.352 e. The van der Waals surface area contributed by atoms with E-state index in [1.165, 1.54) is 17.0 Å². The highest BCUT2D eigenvalue weighted by molar-refractivity contribution is 7.92. The summed E-state index contributed by atoms with van der Waals surface area (Å²) in [6.45, 7) is 7.03. The third-order valence-corrected chi connectivity index (χ3v) is 8.41. The Hall–Kier alpha value is -3.36. The number of benzene rings is 3. The summed E-state index contributed by atoms with van der Waals surface area (Å²) < 4.78 is 28.5. The maximum atomic E-state index is 13.9. The fraction of sp³-hybridized carbons (Fsp3) is 0.310. The van der Waals surface area contributed by atoms with Crippen molar-refractivity contribution in [1.82, 2.24) is 10.2 Å². The van der Waals surface area contributed by atoms with Crippen molar-refractivity contribution in [2.75, 3.05) is 10.8 Å². The number of sulfonamides is 1. The van der Waals surface area contributed by atoms with Crippen molar-refractivity contribution in [3.8, 4) is 0 Å². The van der Waals surface area contributed by atoms with Gasteiger partial charge in [-0.15, -0.1) is 0 Å². The second kappa shape index (κ2) is 12.9. The zero-order chi connectivity index (χ0) is 27.9. The smallest absolute Gasteiger partial charge is 0.264 e. The van der Waals surface area contributed by atoms with Crippen molar-refractivity contribution in [1.29, 1.82) is 0 Å². The van der Waals surface area contributed by atoms with E-state index >= 15 is 0 Å². The Kier molecular flexibility index (Phi) is 9.94. The highest BCUT2D eigenvalue weighted by Gasteiger charge is 2.32. The first-order valence-electron chi connectivity index (χ1n) is 12.5. The third kappa shape index (κ3) is 7.36. The van der Waals surface area contributed by atoms with Gasteiger partial charge in [0.1, 0.15) is 12.6 Å². The quantitative estimate of drug-likeness (QED) is 0.353. The van der Waals surface area contributed by atoms with E-state index < -0.39 is 28.5 Å². The molecule has 0 bridgehead atoms. The highest BCUT2D eigenvalue weighted by Crippen LogP contribution is 2.25. The molecule has 0 aliphatic heterocycles. The zero-order valence-electron chi connectivity index (χ0n) is 22.1. The Morgan fingerprint density at radius 2 is 1.53 bits per heavy atom. The summed E-state index contributed by atoms with van der Waals surface area (Å²) in [4.78, 5) is 28.4. The minimum atomic E-state index is -4.08. The maximum Gasteiger partial charge on any atom is 0.264 e. The van der Waals surface area contributed by atoms with Crippen LogP contribution in [-0.4, -0.2) is 43.8 Å². The first-order valence-corrected chi connectivity index (χ1v) is 14.3. The van der Waals surface area contributed by atoms with Gasteiger partial charge in [-0.1, -0.05) is 66.6 Å². The number of nitrogens with one attached hydrogen (secondary N) is 1. The summed E-state index contributed by atoms with van der Waals surface area (Å²) in [5, 5.41) is 3.47. The number of rotatable bonds is 11. The molecule has 0 aliphatic carbocycles. The Morgan fingerprint density at radius 1 is 0.921 bits per heavy atom. The summed E-state index contributed by atoms with van der Waals surface area (Å²) in [7, 11) is -4.08. The molecule has 0 aromatic heterocycles. The van der Waals surface area contributed by atoms with Crippen molar-refractivity contribution in [3.63, 3.8) is 0 Å². The number of hydrogen-bond acceptors (Lipinski definition) is 4. The molecule has 0 saturated carbocycles. The molecule has 0 radical (unpaired) electrons. The van der Waals surface area contributed by atoms with E-state index in [4.69, 9.17) is 11.6 Å². The summed E-state index contributed by atoms with van der Waals surface area (Å²) in [6, 6.07) is 21.0. The molecular weight excluding hydrogens is 522 g/mol. The van der Waals surface area contributed by atoms with Gasteiger partial charge in [-0.25, -0.2) is 8.42 Å². The van der Waals surface area contributed by atoms with Gasteiger partial charge < -0.3 is 10.2 Å². The van der Waals surface area contributed by atoms with Gasteiger partial charge in [0.05, 0.1) is 10.6 Å². The van der Waals surface area contributed by atoms with Crippen LogP contribution in [0, 0.1) is 6.92 Å². The molecule has 0 spiro atoms. The second-order valence-corrected chi connectivity index (χ2v) is 11.6. The van der Waals surface area contributed by atoms with Crippen LogP contribution in [0.25, 0.3) is 0 Å². The minimum absolute atomic E-state index is 0.0695. The molecular formula is C29H34ClN3O4S. The first kappa shape index (κ1) is 29.2. The van der Waals surface area contributed by atoms with Crippen molar-refractivity contribution >= 4 is 39.1 Å². The lowest BCUT2D eigenvalue weighted by atomic mass is 10.1. The number of anilines is 1. The molecule has 0 unspecified atom stereocenters. The van der Waals surface area contributed by atoms with E-state index in [1.807, 2.05) is 20.8 Å². The van der Waals surface area contributed by atoms with E-state index in [0.717, 1.165) is 21.9 Å². The number of halogens is 1. The van der Waals surface area contributed by atoms with Gasteiger partial charge in [0.2, 0.25) is 11.8 Å². The Balaban J connectivity index is 2.00. The van der Waals surface area contributed by atoms with Gasteiger partial charge in [0.15, 0.2) is 0 Å². The number of hydrogen-bond donors (Lipinski definition) is 1. The van der Waals surface area contributed by atoms with Crippen molar-refractivity contribution < 1.29 is 18.0 Å². The van der Waals surface area contributed by atoms with Gasteiger partial charge >= 0.3 is 0 Å². The lowest BCUT2D eigenvalue weighted by molar-refractivity contribution is -0.139. The van der Waals surface area contributed by atoms with Gasteiger partial charge in [-0.3, -0.25) is 13.9 Å². The van der Waals surface area contributed by atoms with Crippen LogP contribution in [0.15, 0.2) is 83.8 Å². The van der Waals surface area contributed by atoms with E-state index in [9.17, 15) is 18.0 Å². The first-order chi connectivity index (χ1) is 18.0. The molecule has 2 amide bonds. The van der Waals surface area contributed by atoms with Gasteiger partial charge in [-0.05, 0) is 69.2 Å². The van der Waals surface area contributed by atoms with Crippen molar-refractivity contribution in [2.24, 2.45) is 0 Å². The van der Waals surface area contributed by atoms with Crippen LogP contribution in [0.5, 0.6) is 0 Å². The van der Waals surface area contributed by atoms with Gasteiger partial charge in [0.25, 0.3) is 10.0 Å². The number of nitrogens with zero attached hydrogens (tertiary/aromatic N) is 2. The van der Waals surface area contributed by atoms with Crippen LogP contribution in [-0.2, 0) is 26.2 Å². The molecule has 0 heterocycles. The fourth-order valence-corrected chi connectivity index (χ4v) is 5.36. The van der Waals surface area contributed by atoms with Crippen molar-refractivity contribution in [3.05, 3.63) is 95.0 Å². The molecule has 7 nitrogen and oxygen atoms in total. The molecule has 0 saturated heterocycles. The summed E-state index contributed by atoms with van der Waals surface area (Å²) in [5.74, 6) is -0.818. The molecule has 3 aromatic carbocycles. The normalized spacial score (nSPS) is 12.9. The van der Waals surface area contributed by atoms with E-state index in [1.54, 1.807) is 73.7 Å². The Bertz CT molecular complexity index is 1330. The van der Waals surface area contributed by atoms with Gasteiger partial charge in [-0.2, -0.15) is 0 Å². The average Bonchev–Trinajstić information content (AvgIpc) is 2.91. The van der Waals surface area contributed by atoms with Crippen LogP contribution in [0.2, 0.25) is 5.02 Å². The summed E-state index contributed by atoms with van der Waals surface area (Å²) >= 11 is 6.04. The molecule has 9 heteroatoms. The summed E-state index contributed by atoms with van der Waals surface area (Å²) in [6.07, 6.45) is 0.736. The maximum absolute atomic E-state index is 13.9. The number of carbonyl (C=O) groups excluding carboxylic acids is 2. The average molecular weight is 556 g/mol. The largest absolute Gasteiger partial charge is 0.352 e. The van der Waals surface area contributed by atoms with Crippen LogP contribution in [0.4, 0.5) is 5.69 Å². The standard InChI is InChI=1S/C29H34ClN3O4S/c1-5-22(3)31-29(35)23(4)32(19-24-13-15-25(30)16-14-24)28(34)20-33(26-17-11-21(2)12-18-26)38(36,37)27-9-7-6-8-10-27/h6-18,22-23H,5,19-20H2,1-4H3,(H,31,35)/t22-,23-/m0/s1. The third-order valence-electron chi connectivity index (χ3n) is 6.37. The highest BCUT2D eigenvalue weighted by atomic mass is 35.5. The number of carbonyl (C=O) groups is 2. The fourth-order valence-electron chi connectivity index (χ4n) is 3.79. The van der Waals surface area contributed by atoms with E-state index in [2.05, 4.69) is 5.32 Å². The Labute approximate surface area is 230 Å². The molecule has 1 N–H and O–H groups in total. The summed E-state index contributed by atoms with van der Waals surface area (Å²) in [5.41, 5.74) is 2.08. The molecule has 0 fully saturated rings. The molecule has 38 heavy (non-hydrogen) atoms. The second-order valence-electron chi connectivity index (χ2n) is 9.30. The van der Waals surface area contributed by atoms with Crippen LogP contribution >= 0.6 is 11.6 Å². The predicted molar refractivity (Wildman–Crippen MR) is 152 cm³/mol.